The van der Waals surface area contributed by atoms with E-state index < -0.39 is 0 Å². The van der Waals surface area contributed by atoms with Crippen molar-refractivity contribution in [3.8, 4) is 0 Å². The summed E-state index contributed by atoms with van der Waals surface area (Å²) in [5.41, 5.74) is 7.85. The third kappa shape index (κ3) is 0.531. The fourth-order valence-corrected chi connectivity index (χ4v) is 1.38. The molecule has 1 aliphatic rings. The van der Waals surface area contributed by atoms with Crippen molar-refractivity contribution in [1.29, 1.82) is 0 Å². The van der Waals surface area contributed by atoms with E-state index in [0.717, 1.165) is 18.7 Å². The maximum atomic E-state index is 5.60. The van der Waals surface area contributed by atoms with Crippen LogP contribution in [0.3, 0.4) is 0 Å². The molecule has 0 aliphatic carbocycles. The monoisotopic (exact) mass is 138 g/mol. The predicted octanol–water partition coefficient (Wildman–Crippen LogP) is -0.0158. The number of hydrogen-bond donors (Lipinski definition) is 2. The van der Waals surface area contributed by atoms with Gasteiger partial charge in [0.05, 0.1) is 5.69 Å². The topological polar surface area (TPSA) is 57.9 Å². The lowest BCUT2D eigenvalue weighted by atomic mass is 10.3. The van der Waals surface area contributed by atoms with Gasteiger partial charge in [0, 0.05) is 20.0 Å². The van der Waals surface area contributed by atoms with Gasteiger partial charge < -0.3 is 10.6 Å². The maximum absolute atomic E-state index is 5.60. The van der Waals surface area contributed by atoms with Crippen LogP contribution in [0.4, 0.5) is 11.5 Å². The zero-order valence-corrected chi connectivity index (χ0v) is 5.89. The molecule has 0 unspecified atom stereocenters. The van der Waals surface area contributed by atoms with Crippen LogP contribution < -0.4 is 10.6 Å². The van der Waals surface area contributed by atoms with Crippen LogP contribution in [-0.2, 0) is 6.42 Å². The number of nitrogen functional groups attached to an aromatic ring is 1. The molecule has 2 rings (SSSR count). The molecule has 0 bridgehead atoms. The lowest BCUT2D eigenvalue weighted by Crippen LogP contribution is -2.14. The number of anilines is 2. The van der Waals surface area contributed by atoms with Crippen molar-refractivity contribution in [1.82, 2.24) is 10.2 Å². The summed E-state index contributed by atoms with van der Waals surface area (Å²) < 4.78 is 0. The van der Waals surface area contributed by atoms with Gasteiger partial charge in [-0.3, -0.25) is 5.10 Å². The van der Waals surface area contributed by atoms with Crippen molar-refractivity contribution >= 4 is 11.5 Å². The Balaban J connectivity index is 2.54. The van der Waals surface area contributed by atoms with Gasteiger partial charge in [0.1, 0.15) is 5.69 Å². The number of aromatic amines is 1. The zero-order chi connectivity index (χ0) is 7.14. The van der Waals surface area contributed by atoms with E-state index in [1.165, 1.54) is 5.69 Å². The van der Waals surface area contributed by atoms with Crippen molar-refractivity contribution in [2.75, 3.05) is 24.2 Å². The molecule has 0 spiro atoms. The van der Waals surface area contributed by atoms with Crippen LogP contribution in [0, 0.1) is 0 Å². The van der Waals surface area contributed by atoms with Crippen LogP contribution in [0.25, 0.3) is 0 Å². The fraction of sp³-hybridized carbons (Fsp3) is 0.500. The minimum absolute atomic E-state index is 0.620. The lowest BCUT2D eigenvalue weighted by molar-refractivity contribution is 0.906. The average molecular weight is 138 g/mol. The van der Waals surface area contributed by atoms with Gasteiger partial charge in [-0.05, 0) is 0 Å². The summed E-state index contributed by atoms with van der Waals surface area (Å²) in [5, 5.41) is 6.80. The highest BCUT2D eigenvalue weighted by atomic mass is 15.3. The van der Waals surface area contributed by atoms with Gasteiger partial charge in [0.2, 0.25) is 0 Å². The molecule has 1 aromatic heterocycles. The van der Waals surface area contributed by atoms with Crippen LogP contribution in [0.5, 0.6) is 0 Å². The quantitative estimate of drug-likeness (QED) is 0.530. The van der Waals surface area contributed by atoms with Crippen molar-refractivity contribution in [3.63, 3.8) is 0 Å². The zero-order valence-electron chi connectivity index (χ0n) is 5.89. The Morgan fingerprint density at radius 2 is 2.50 bits per heavy atom. The molecule has 54 valence electrons. The Morgan fingerprint density at radius 3 is 3.20 bits per heavy atom. The Kier molecular flexibility index (Phi) is 0.922. The van der Waals surface area contributed by atoms with Gasteiger partial charge in [-0.15, -0.1) is 0 Å². The molecule has 0 saturated carbocycles. The van der Waals surface area contributed by atoms with Gasteiger partial charge in [-0.25, -0.2) is 0 Å². The summed E-state index contributed by atoms with van der Waals surface area (Å²) in [6.07, 6.45) is 1.04. The van der Waals surface area contributed by atoms with E-state index in [-0.39, 0.29) is 0 Å². The maximum Gasteiger partial charge on any atom is 0.169 e. The molecule has 1 aromatic rings. The molecule has 0 radical (unpaired) electrons. The smallest absolute Gasteiger partial charge is 0.169 e. The molecule has 0 saturated heterocycles. The third-order valence-electron chi connectivity index (χ3n) is 1.92. The number of nitrogens with two attached hydrogens (primary N) is 1. The Hall–Kier alpha value is -1.19. The first-order chi connectivity index (χ1) is 4.79. The Labute approximate surface area is 59.0 Å². The van der Waals surface area contributed by atoms with Crippen LogP contribution in [-0.4, -0.2) is 23.8 Å². The molecule has 10 heavy (non-hydrogen) atoms. The van der Waals surface area contributed by atoms with Crippen LogP contribution in [0.2, 0.25) is 0 Å². The summed E-state index contributed by atoms with van der Waals surface area (Å²) in [7, 11) is 2.03. The van der Waals surface area contributed by atoms with Gasteiger partial charge in [-0.1, -0.05) is 0 Å². The number of hydrogen-bond acceptors (Lipinski definition) is 3. The molecule has 0 amide bonds. The first-order valence-corrected chi connectivity index (χ1v) is 3.33. The van der Waals surface area contributed by atoms with Crippen molar-refractivity contribution in [2.24, 2.45) is 0 Å². The first-order valence-electron chi connectivity index (χ1n) is 3.33. The summed E-state index contributed by atoms with van der Waals surface area (Å²) in [6.45, 7) is 1.05. The third-order valence-corrected chi connectivity index (χ3v) is 1.92. The number of H-pyrrole nitrogens is 1. The van der Waals surface area contributed by atoms with Gasteiger partial charge in [-0.2, -0.15) is 5.10 Å². The molecule has 0 fully saturated rings. The van der Waals surface area contributed by atoms with Crippen molar-refractivity contribution in [2.45, 2.75) is 6.42 Å². The van der Waals surface area contributed by atoms with Crippen molar-refractivity contribution < 1.29 is 0 Å². The van der Waals surface area contributed by atoms with E-state index in [2.05, 4.69) is 15.1 Å². The van der Waals surface area contributed by atoms with Crippen LogP contribution >= 0.6 is 0 Å². The molecular weight excluding hydrogens is 128 g/mol. The highest BCUT2D eigenvalue weighted by Gasteiger charge is 2.20. The second-order valence-electron chi connectivity index (χ2n) is 2.61. The van der Waals surface area contributed by atoms with E-state index >= 15 is 0 Å². The van der Waals surface area contributed by atoms with Gasteiger partial charge in [0.25, 0.3) is 0 Å². The summed E-state index contributed by atoms with van der Waals surface area (Å²) in [5.74, 6) is 0.620. The second-order valence-corrected chi connectivity index (χ2v) is 2.61. The summed E-state index contributed by atoms with van der Waals surface area (Å²) in [4.78, 5) is 2.12. The normalized spacial score (nSPS) is 15.9. The Morgan fingerprint density at radius 1 is 1.70 bits per heavy atom. The molecule has 4 heteroatoms. The number of aromatic nitrogens is 2. The average Bonchev–Trinajstić information content (AvgIpc) is 2.40. The van der Waals surface area contributed by atoms with Crippen LogP contribution in [0.15, 0.2) is 0 Å². The van der Waals surface area contributed by atoms with Gasteiger partial charge >= 0.3 is 0 Å². The first kappa shape index (κ1) is 5.58. The molecule has 1 aliphatic heterocycles. The van der Waals surface area contributed by atoms with Crippen LogP contribution in [0.1, 0.15) is 5.69 Å². The standard InChI is InChI=1S/C6H10N4/c1-10-3-2-4-5(10)6(7)9-8-4/h2-3H2,1H3,(H3,7,8,9). The van der Waals surface area contributed by atoms with E-state index in [1.54, 1.807) is 0 Å². The second kappa shape index (κ2) is 1.65. The van der Waals surface area contributed by atoms with Gasteiger partial charge in [0.15, 0.2) is 5.82 Å². The number of rotatable bonds is 0. The number of likely N-dealkylation sites (N-methyl/N-ethyl adjacent to an activating group) is 1. The highest BCUT2D eigenvalue weighted by Crippen LogP contribution is 2.29. The molecular formula is C6H10N4. The fourth-order valence-electron chi connectivity index (χ4n) is 1.38. The molecule has 3 N–H and O–H groups in total. The Bertz CT molecular complexity index is 252. The molecule has 0 atom stereocenters. The summed E-state index contributed by atoms with van der Waals surface area (Å²) >= 11 is 0. The minimum atomic E-state index is 0.620. The number of nitrogens with zero attached hydrogens (tertiary/aromatic N) is 2. The summed E-state index contributed by atoms with van der Waals surface area (Å²) in [6, 6.07) is 0. The van der Waals surface area contributed by atoms with Crippen molar-refractivity contribution in [3.05, 3.63) is 5.69 Å². The SMILES string of the molecule is CN1CCc2[nH]nc(N)c21. The molecule has 4 nitrogen and oxygen atoms in total. The highest BCUT2D eigenvalue weighted by molar-refractivity contribution is 5.68. The predicted molar refractivity (Wildman–Crippen MR) is 40.0 cm³/mol. The molecule has 2 heterocycles. The number of fused-ring (bicyclic) bond motifs is 1. The van der Waals surface area contributed by atoms with E-state index in [0.29, 0.717) is 5.82 Å². The van der Waals surface area contributed by atoms with E-state index in [9.17, 15) is 0 Å². The molecule has 0 aromatic carbocycles. The minimum Gasteiger partial charge on any atom is -0.380 e. The number of nitrogens with one attached hydrogen (secondary N) is 1. The van der Waals surface area contributed by atoms with E-state index in [4.69, 9.17) is 5.73 Å². The largest absolute Gasteiger partial charge is 0.380 e. The lowest BCUT2D eigenvalue weighted by Gasteiger charge is -2.09. The van der Waals surface area contributed by atoms with E-state index in [1.807, 2.05) is 7.05 Å².